The number of hydrogen-bond donors (Lipinski definition) is 1. The van der Waals surface area contributed by atoms with Crippen molar-refractivity contribution in [2.24, 2.45) is 0 Å². The van der Waals surface area contributed by atoms with Crippen LogP contribution in [0.5, 0.6) is 0 Å². The number of aromatic nitrogens is 3. The molecule has 1 amide bonds. The average Bonchev–Trinajstić information content (AvgIpc) is 3.28. The number of benzene rings is 1. The van der Waals surface area contributed by atoms with Gasteiger partial charge in [0.2, 0.25) is 5.91 Å². The minimum absolute atomic E-state index is 0.0651. The first-order chi connectivity index (χ1) is 12.2. The molecule has 128 valence electrons. The van der Waals surface area contributed by atoms with Gasteiger partial charge in [0.25, 0.3) is 0 Å². The van der Waals surface area contributed by atoms with Gasteiger partial charge in [0.05, 0.1) is 17.9 Å². The first kappa shape index (κ1) is 15.6. The molecule has 6 heteroatoms. The number of hydrogen-bond acceptors (Lipinski definition) is 4. The summed E-state index contributed by atoms with van der Waals surface area (Å²) < 4.78 is 1.87. The van der Waals surface area contributed by atoms with Gasteiger partial charge in [-0.15, -0.1) is 5.10 Å². The number of fused-ring (bicyclic) bond motifs is 1. The normalized spacial score (nSPS) is 14.2. The fourth-order valence-electron chi connectivity index (χ4n) is 3.28. The molecule has 6 nitrogen and oxygen atoms in total. The van der Waals surface area contributed by atoms with Crippen LogP contribution in [0.25, 0.3) is 16.9 Å². The van der Waals surface area contributed by atoms with Crippen LogP contribution >= 0.6 is 0 Å². The molecule has 0 bridgehead atoms. The molecule has 0 spiro atoms. The van der Waals surface area contributed by atoms with Crippen molar-refractivity contribution in [1.29, 1.82) is 0 Å². The van der Waals surface area contributed by atoms with Crippen LogP contribution in [0.15, 0.2) is 42.5 Å². The van der Waals surface area contributed by atoms with Crippen molar-refractivity contribution in [1.82, 2.24) is 19.9 Å². The SMILES string of the molecule is CC(=O)NCc1c(-c2ccccc2)nc2ccc(N3CCCC3)nn12. The van der Waals surface area contributed by atoms with Crippen LogP contribution in [0.3, 0.4) is 0 Å². The monoisotopic (exact) mass is 335 g/mol. The van der Waals surface area contributed by atoms with Gasteiger partial charge in [-0.2, -0.15) is 0 Å². The second-order valence-corrected chi connectivity index (χ2v) is 6.34. The minimum Gasteiger partial charge on any atom is -0.355 e. The summed E-state index contributed by atoms with van der Waals surface area (Å²) in [6.07, 6.45) is 2.41. The highest BCUT2D eigenvalue weighted by molar-refractivity contribution is 5.73. The maximum absolute atomic E-state index is 11.4. The van der Waals surface area contributed by atoms with Crippen molar-refractivity contribution in [3.63, 3.8) is 0 Å². The predicted octanol–water partition coefficient (Wildman–Crippen LogP) is 2.63. The van der Waals surface area contributed by atoms with E-state index in [0.717, 1.165) is 41.5 Å². The van der Waals surface area contributed by atoms with Gasteiger partial charge in [0, 0.05) is 25.6 Å². The Bertz CT molecular complexity index is 897. The van der Waals surface area contributed by atoms with E-state index >= 15 is 0 Å². The molecule has 1 N–H and O–H groups in total. The second-order valence-electron chi connectivity index (χ2n) is 6.34. The van der Waals surface area contributed by atoms with E-state index in [-0.39, 0.29) is 5.91 Å². The summed E-state index contributed by atoms with van der Waals surface area (Å²) in [5, 5.41) is 7.70. The molecule has 1 fully saturated rings. The molecule has 1 aromatic carbocycles. The Morgan fingerprint density at radius 2 is 1.88 bits per heavy atom. The zero-order valence-corrected chi connectivity index (χ0v) is 14.3. The Morgan fingerprint density at radius 1 is 1.12 bits per heavy atom. The van der Waals surface area contributed by atoms with Crippen LogP contribution in [0.1, 0.15) is 25.5 Å². The first-order valence-corrected chi connectivity index (χ1v) is 8.66. The molecular weight excluding hydrogens is 314 g/mol. The van der Waals surface area contributed by atoms with Gasteiger partial charge >= 0.3 is 0 Å². The molecule has 0 aliphatic carbocycles. The lowest BCUT2D eigenvalue weighted by atomic mass is 10.1. The average molecular weight is 335 g/mol. The van der Waals surface area contributed by atoms with Crippen LogP contribution in [0, 0.1) is 0 Å². The summed E-state index contributed by atoms with van der Waals surface area (Å²) in [5.74, 6) is 0.899. The third-order valence-corrected chi connectivity index (χ3v) is 4.54. The molecule has 0 unspecified atom stereocenters. The lowest BCUT2D eigenvalue weighted by Gasteiger charge is -2.16. The molecule has 1 aliphatic heterocycles. The molecular formula is C19H21N5O. The van der Waals surface area contributed by atoms with Crippen molar-refractivity contribution in [2.75, 3.05) is 18.0 Å². The number of nitrogens with zero attached hydrogens (tertiary/aromatic N) is 4. The van der Waals surface area contributed by atoms with Crippen molar-refractivity contribution >= 4 is 17.4 Å². The van der Waals surface area contributed by atoms with Crippen LogP contribution in [0.2, 0.25) is 0 Å². The molecule has 2 aromatic heterocycles. The highest BCUT2D eigenvalue weighted by Gasteiger charge is 2.18. The van der Waals surface area contributed by atoms with E-state index in [2.05, 4.69) is 10.2 Å². The Kier molecular flexibility index (Phi) is 4.09. The smallest absolute Gasteiger partial charge is 0.217 e. The number of rotatable bonds is 4. The summed E-state index contributed by atoms with van der Waals surface area (Å²) >= 11 is 0. The van der Waals surface area contributed by atoms with E-state index in [9.17, 15) is 4.79 Å². The minimum atomic E-state index is -0.0651. The Morgan fingerprint density at radius 3 is 2.60 bits per heavy atom. The van der Waals surface area contributed by atoms with E-state index in [1.807, 2.05) is 47.0 Å². The number of imidazole rings is 1. The summed E-state index contributed by atoms with van der Waals surface area (Å²) in [6.45, 7) is 4.01. The summed E-state index contributed by atoms with van der Waals surface area (Å²) in [5.41, 5.74) is 3.58. The van der Waals surface area contributed by atoms with Gasteiger partial charge in [-0.25, -0.2) is 9.50 Å². The van der Waals surface area contributed by atoms with E-state index in [4.69, 9.17) is 10.1 Å². The van der Waals surface area contributed by atoms with Gasteiger partial charge in [0.15, 0.2) is 5.65 Å². The quantitative estimate of drug-likeness (QED) is 0.796. The molecule has 0 saturated carbocycles. The lowest BCUT2D eigenvalue weighted by Crippen LogP contribution is -2.22. The molecule has 4 rings (SSSR count). The van der Waals surface area contributed by atoms with Crippen LogP contribution in [-0.2, 0) is 11.3 Å². The van der Waals surface area contributed by atoms with Crippen LogP contribution < -0.4 is 10.2 Å². The molecule has 3 aromatic rings. The maximum atomic E-state index is 11.4. The lowest BCUT2D eigenvalue weighted by molar-refractivity contribution is -0.119. The van der Waals surface area contributed by atoms with Crippen LogP contribution in [0.4, 0.5) is 5.82 Å². The van der Waals surface area contributed by atoms with E-state index < -0.39 is 0 Å². The molecule has 3 heterocycles. The second kappa shape index (κ2) is 6.55. The van der Waals surface area contributed by atoms with Crippen molar-refractivity contribution in [3.8, 4) is 11.3 Å². The van der Waals surface area contributed by atoms with Crippen molar-refractivity contribution in [2.45, 2.75) is 26.3 Å². The molecule has 0 radical (unpaired) electrons. The Hall–Kier alpha value is -2.89. The van der Waals surface area contributed by atoms with Gasteiger partial charge < -0.3 is 10.2 Å². The van der Waals surface area contributed by atoms with E-state index in [1.165, 1.54) is 19.8 Å². The molecule has 0 atom stereocenters. The number of carbonyl (C=O) groups excluding carboxylic acids is 1. The van der Waals surface area contributed by atoms with Gasteiger partial charge in [-0.1, -0.05) is 30.3 Å². The molecule has 1 aliphatic rings. The van der Waals surface area contributed by atoms with Crippen molar-refractivity contribution < 1.29 is 4.79 Å². The summed E-state index contributed by atoms with van der Waals surface area (Å²) in [6, 6.07) is 14.1. The summed E-state index contributed by atoms with van der Waals surface area (Å²) in [4.78, 5) is 18.5. The van der Waals surface area contributed by atoms with Gasteiger partial charge in [-0.3, -0.25) is 4.79 Å². The molecule has 25 heavy (non-hydrogen) atoms. The Labute approximate surface area is 146 Å². The van der Waals surface area contributed by atoms with Crippen LogP contribution in [-0.4, -0.2) is 33.6 Å². The number of amides is 1. The van der Waals surface area contributed by atoms with Gasteiger partial charge in [0.1, 0.15) is 5.82 Å². The highest BCUT2D eigenvalue weighted by Crippen LogP contribution is 2.25. The number of anilines is 1. The summed E-state index contributed by atoms with van der Waals surface area (Å²) in [7, 11) is 0. The maximum Gasteiger partial charge on any atom is 0.217 e. The topological polar surface area (TPSA) is 62.5 Å². The highest BCUT2D eigenvalue weighted by atomic mass is 16.1. The Balaban J connectivity index is 1.83. The third kappa shape index (κ3) is 3.07. The number of carbonyl (C=O) groups is 1. The zero-order valence-electron chi connectivity index (χ0n) is 14.3. The number of nitrogens with one attached hydrogen (secondary N) is 1. The first-order valence-electron chi connectivity index (χ1n) is 8.66. The zero-order chi connectivity index (χ0) is 17.2. The third-order valence-electron chi connectivity index (χ3n) is 4.54. The van der Waals surface area contributed by atoms with Crippen molar-refractivity contribution in [3.05, 3.63) is 48.2 Å². The van der Waals surface area contributed by atoms with Gasteiger partial charge in [-0.05, 0) is 25.0 Å². The fraction of sp³-hybridized carbons (Fsp3) is 0.316. The van der Waals surface area contributed by atoms with E-state index in [0.29, 0.717) is 6.54 Å². The largest absolute Gasteiger partial charge is 0.355 e. The molecule has 1 saturated heterocycles. The standard InChI is InChI=1S/C19H21N5O/c1-14(25)20-13-16-19(15-7-3-2-4-8-15)21-17-9-10-18(22-24(16)17)23-11-5-6-12-23/h2-4,7-10H,5-6,11-13H2,1H3,(H,20,25). The van der Waals surface area contributed by atoms with E-state index in [1.54, 1.807) is 0 Å². The predicted molar refractivity (Wildman–Crippen MR) is 97.4 cm³/mol. The fourth-order valence-corrected chi connectivity index (χ4v) is 3.28.